The SMILES string of the molecule is COc1ccc(CCN2C(=S)N(c3cccc(Cl)c3)C(=O)C2CC(=O)Nc2ccc(F)cc2)cc1. The van der Waals surface area contributed by atoms with E-state index in [0.29, 0.717) is 34.5 Å². The van der Waals surface area contributed by atoms with Gasteiger partial charge in [0.25, 0.3) is 5.91 Å². The summed E-state index contributed by atoms with van der Waals surface area (Å²) < 4.78 is 18.4. The topological polar surface area (TPSA) is 61.9 Å². The fourth-order valence-electron chi connectivity index (χ4n) is 3.90. The number of methoxy groups -OCH3 is 1. The lowest BCUT2D eigenvalue weighted by Crippen LogP contribution is -2.39. The number of halogens is 2. The summed E-state index contributed by atoms with van der Waals surface area (Å²) in [6.07, 6.45) is 0.493. The molecule has 0 radical (unpaired) electrons. The van der Waals surface area contributed by atoms with Gasteiger partial charge in [0.15, 0.2) is 5.11 Å². The maximum atomic E-state index is 13.5. The average molecular weight is 512 g/mol. The highest BCUT2D eigenvalue weighted by molar-refractivity contribution is 7.80. The monoisotopic (exact) mass is 511 g/mol. The fraction of sp³-hybridized carbons (Fsp3) is 0.192. The minimum Gasteiger partial charge on any atom is -0.497 e. The molecule has 3 aromatic rings. The van der Waals surface area contributed by atoms with Gasteiger partial charge in [-0.25, -0.2) is 4.39 Å². The summed E-state index contributed by atoms with van der Waals surface area (Å²) in [6, 6.07) is 19.2. The third-order valence-corrected chi connectivity index (χ3v) is 6.34. The Morgan fingerprint density at radius 3 is 2.49 bits per heavy atom. The number of hydrogen-bond donors (Lipinski definition) is 1. The van der Waals surface area contributed by atoms with Crippen LogP contribution in [0.5, 0.6) is 5.75 Å². The van der Waals surface area contributed by atoms with Crippen LogP contribution in [0.15, 0.2) is 72.8 Å². The number of carbonyl (C=O) groups is 2. The van der Waals surface area contributed by atoms with Crippen LogP contribution in [0.25, 0.3) is 0 Å². The van der Waals surface area contributed by atoms with Gasteiger partial charge in [-0.2, -0.15) is 0 Å². The molecular weight excluding hydrogens is 489 g/mol. The Kier molecular flexibility index (Phi) is 7.63. The van der Waals surface area contributed by atoms with E-state index in [2.05, 4.69) is 5.32 Å². The van der Waals surface area contributed by atoms with E-state index in [0.717, 1.165) is 11.3 Å². The molecule has 0 spiro atoms. The lowest BCUT2D eigenvalue weighted by atomic mass is 10.1. The molecule has 9 heteroatoms. The molecule has 1 saturated heterocycles. The number of carbonyl (C=O) groups excluding carboxylic acids is 2. The quantitative estimate of drug-likeness (QED) is 0.428. The molecule has 6 nitrogen and oxygen atoms in total. The average Bonchev–Trinajstić information content (AvgIpc) is 3.08. The maximum Gasteiger partial charge on any atom is 0.256 e. The lowest BCUT2D eigenvalue weighted by molar-refractivity contribution is -0.124. The number of ether oxygens (including phenoxy) is 1. The first-order valence-electron chi connectivity index (χ1n) is 10.9. The van der Waals surface area contributed by atoms with Gasteiger partial charge in [0, 0.05) is 17.3 Å². The number of nitrogens with zero attached hydrogens (tertiary/aromatic N) is 2. The normalized spacial score (nSPS) is 15.5. The van der Waals surface area contributed by atoms with Gasteiger partial charge in [-0.15, -0.1) is 0 Å². The third-order valence-electron chi connectivity index (χ3n) is 5.69. The van der Waals surface area contributed by atoms with Crippen LogP contribution in [-0.2, 0) is 16.0 Å². The number of nitrogens with one attached hydrogen (secondary N) is 1. The molecule has 2 amide bonds. The van der Waals surface area contributed by atoms with Crippen LogP contribution in [0, 0.1) is 5.82 Å². The fourth-order valence-corrected chi connectivity index (χ4v) is 4.50. The summed E-state index contributed by atoms with van der Waals surface area (Å²) in [5, 5.41) is 3.50. The molecule has 3 aromatic carbocycles. The predicted molar refractivity (Wildman–Crippen MR) is 138 cm³/mol. The van der Waals surface area contributed by atoms with Crippen LogP contribution in [0.3, 0.4) is 0 Å². The van der Waals surface area contributed by atoms with Crippen LogP contribution in [0.2, 0.25) is 5.02 Å². The van der Waals surface area contributed by atoms with E-state index < -0.39 is 11.9 Å². The highest BCUT2D eigenvalue weighted by Crippen LogP contribution is 2.29. The molecule has 180 valence electrons. The minimum atomic E-state index is -0.792. The Morgan fingerprint density at radius 2 is 1.83 bits per heavy atom. The number of thiocarbonyl (C=S) groups is 1. The highest BCUT2D eigenvalue weighted by atomic mass is 35.5. The summed E-state index contributed by atoms with van der Waals surface area (Å²) in [4.78, 5) is 29.5. The lowest BCUT2D eigenvalue weighted by Gasteiger charge is -2.24. The molecule has 1 aliphatic heterocycles. The Hall–Kier alpha value is -3.49. The Labute approximate surface area is 213 Å². The van der Waals surface area contributed by atoms with E-state index in [1.165, 1.54) is 29.2 Å². The van der Waals surface area contributed by atoms with Crippen LogP contribution < -0.4 is 15.0 Å². The second-order valence-corrected chi connectivity index (χ2v) is 8.80. The molecule has 1 N–H and O–H groups in total. The Balaban J connectivity index is 1.55. The minimum absolute atomic E-state index is 0.115. The van der Waals surface area contributed by atoms with Gasteiger partial charge < -0.3 is 15.0 Å². The van der Waals surface area contributed by atoms with Crippen molar-refractivity contribution < 1.29 is 18.7 Å². The number of benzene rings is 3. The van der Waals surface area contributed by atoms with Crippen LogP contribution >= 0.6 is 23.8 Å². The molecule has 4 rings (SSSR count). The summed E-state index contributed by atoms with van der Waals surface area (Å²) in [7, 11) is 1.61. The summed E-state index contributed by atoms with van der Waals surface area (Å²) >= 11 is 11.8. The molecule has 1 unspecified atom stereocenters. The van der Waals surface area contributed by atoms with Crippen molar-refractivity contribution >= 4 is 52.1 Å². The third kappa shape index (κ3) is 5.78. The van der Waals surface area contributed by atoms with Gasteiger partial charge >= 0.3 is 0 Å². The molecule has 0 saturated carbocycles. The predicted octanol–water partition coefficient (Wildman–Crippen LogP) is 5.06. The number of hydrogen-bond acceptors (Lipinski definition) is 4. The number of rotatable bonds is 8. The van der Waals surface area contributed by atoms with Crippen molar-refractivity contribution in [2.45, 2.75) is 18.9 Å². The molecular formula is C26H23ClFN3O3S. The van der Waals surface area contributed by atoms with E-state index in [9.17, 15) is 14.0 Å². The van der Waals surface area contributed by atoms with Crippen molar-refractivity contribution in [2.75, 3.05) is 23.9 Å². The smallest absolute Gasteiger partial charge is 0.256 e. The standard InChI is InChI=1S/C26H23ClFN3O3S/c1-34-22-11-5-17(6-12-22)13-14-30-23(16-24(32)29-20-9-7-19(28)8-10-20)25(33)31(26(30)35)21-4-2-3-18(27)15-21/h2-12,15,23H,13-14,16H2,1H3,(H,29,32). The second-order valence-electron chi connectivity index (χ2n) is 8.00. The molecule has 0 bridgehead atoms. The Bertz CT molecular complexity index is 1240. The first-order valence-corrected chi connectivity index (χ1v) is 11.7. The maximum absolute atomic E-state index is 13.5. The molecule has 0 aromatic heterocycles. The van der Waals surface area contributed by atoms with Crippen LogP contribution in [0.1, 0.15) is 12.0 Å². The van der Waals surface area contributed by atoms with Crippen molar-refractivity contribution in [3.05, 3.63) is 89.2 Å². The molecule has 1 aliphatic rings. The summed E-state index contributed by atoms with van der Waals surface area (Å²) in [6.45, 7) is 0.433. The van der Waals surface area contributed by atoms with Gasteiger partial charge in [0.2, 0.25) is 5.91 Å². The Morgan fingerprint density at radius 1 is 1.11 bits per heavy atom. The van der Waals surface area contributed by atoms with Gasteiger partial charge in [0.1, 0.15) is 17.6 Å². The molecule has 1 heterocycles. The van der Waals surface area contributed by atoms with Crippen LogP contribution in [-0.4, -0.2) is 41.5 Å². The zero-order chi connectivity index (χ0) is 24.9. The molecule has 0 aliphatic carbocycles. The van der Waals surface area contributed by atoms with E-state index in [1.54, 1.807) is 36.3 Å². The van der Waals surface area contributed by atoms with Crippen molar-refractivity contribution in [2.24, 2.45) is 0 Å². The molecule has 35 heavy (non-hydrogen) atoms. The second kappa shape index (κ2) is 10.8. The van der Waals surface area contributed by atoms with E-state index >= 15 is 0 Å². The van der Waals surface area contributed by atoms with Crippen LogP contribution in [0.4, 0.5) is 15.8 Å². The summed E-state index contributed by atoms with van der Waals surface area (Å²) in [5.74, 6) is -0.328. The van der Waals surface area contributed by atoms with Crippen molar-refractivity contribution in [1.29, 1.82) is 0 Å². The van der Waals surface area contributed by atoms with Crippen molar-refractivity contribution in [1.82, 2.24) is 4.90 Å². The first kappa shape index (κ1) is 24.6. The zero-order valence-corrected chi connectivity index (χ0v) is 20.5. The number of amides is 2. The van der Waals surface area contributed by atoms with E-state index in [1.807, 2.05) is 24.3 Å². The van der Waals surface area contributed by atoms with Gasteiger partial charge in [0.05, 0.1) is 19.2 Å². The first-order chi connectivity index (χ1) is 16.9. The largest absolute Gasteiger partial charge is 0.497 e. The van der Waals surface area contributed by atoms with Crippen molar-refractivity contribution in [3.63, 3.8) is 0 Å². The van der Waals surface area contributed by atoms with Gasteiger partial charge in [-0.3, -0.25) is 14.5 Å². The van der Waals surface area contributed by atoms with E-state index in [4.69, 9.17) is 28.6 Å². The molecule has 1 atom stereocenters. The van der Waals surface area contributed by atoms with Gasteiger partial charge in [-0.05, 0) is 78.8 Å². The zero-order valence-electron chi connectivity index (χ0n) is 18.9. The van der Waals surface area contributed by atoms with Gasteiger partial charge in [-0.1, -0.05) is 29.8 Å². The molecule has 1 fully saturated rings. The summed E-state index contributed by atoms with van der Waals surface area (Å²) in [5.41, 5.74) is 2.03. The number of anilines is 2. The highest BCUT2D eigenvalue weighted by Gasteiger charge is 2.43. The van der Waals surface area contributed by atoms with E-state index in [-0.39, 0.29) is 18.2 Å². The van der Waals surface area contributed by atoms with Crippen molar-refractivity contribution in [3.8, 4) is 5.75 Å².